The molecule has 1 aromatic heterocycles. The number of hydrogen-bond acceptors (Lipinski definition) is 3. The van der Waals surface area contributed by atoms with Crippen molar-refractivity contribution < 1.29 is 4.74 Å². The molecule has 0 aliphatic carbocycles. The molecular weight excluding hydrogens is 266 g/mol. The highest BCUT2D eigenvalue weighted by atomic mass is 35.5. The summed E-state index contributed by atoms with van der Waals surface area (Å²) < 4.78 is 5.84. The lowest BCUT2D eigenvalue weighted by atomic mass is 9.90. The lowest BCUT2D eigenvalue weighted by Gasteiger charge is -2.27. The second-order valence-electron chi connectivity index (χ2n) is 4.83. The molecular formula is C14H22ClNOS. The summed E-state index contributed by atoms with van der Waals surface area (Å²) in [5.41, 5.74) is 0. The first-order chi connectivity index (χ1) is 8.77. The zero-order chi connectivity index (χ0) is 13.0. The SMILES string of the molecule is CCCNC(c1sccc1Cl)C1CCOC1CC. The highest BCUT2D eigenvalue weighted by Gasteiger charge is 2.35. The molecule has 1 aliphatic heterocycles. The van der Waals surface area contributed by atoms with Crippen LogP contribution in [0.2, 0.25) is 5.02 Å². The minimum Gasteiger partial charge on any atom is -0.378 e. The van der Waals surface area contributed by atoms with Gasteiger partial charge in [0.1, 0.15) is 0 Å². The third-order valence-corrected chi connectivity index (χ3v) is 5.07. The van der Waals surface area contributed by atoms with Crippen LogP contribution in [-0.2, 0) is 4.74 Å². The highest BCUT2D eigenvalue weighted by Crippen LogP contribution is 2.39. The van der Waals surface area contributed by atoms with Crippen LogP contribution in [0.25, 0.3) is 0 Å². The predicted octanol–water partition coefficient (Wildman–Crippen LogP) is 4.26. The molecule has 2 rings (SSSR count). The zero-order valence-corrected chi connectivity index (χ0v) is 12.7. The molecule has 0 aromatic carbocycles. The van der Waals surface area contributed by atoms with Crippen molar-refractivity contribution in [2.24, 2.45) is 5.92 Å². The van der Waals surface area contributed by atoms with Crippen LogP contribution in [0.1, 0.15) is 44.0 Å². The number of halogens is 1. The van der Waals surface area contributed by atoms with Crippen LogP contribution in [-0.4, -0.2) is 19.3 Å². The molecule has 1 aromatic rings. The van der Waals surface area contributed by atoms with Gasteiger partial charge in [-0.1, -0.05) is 25.4 Å². The van der Waals surface area contributed by atoms with Gasteiger partial charge < -0.3 is 10.1 Å². The Morgan fingerprint density at radius 3 is 3.00 bits per heavy atom. The molecule has 0 amide bonds. The fourth-order valence-corrected chi connectivity index (χ4v) is 4.06. The van der Waals surface area contributed by atoms with Gasteiger partial charge in [-0.05, 0) is 37.3 Å². The van der Waals surface area contributed by atoms with Crippen molar-refractivity contribution in [1.82, 2.24) is 5.32 Å². The summed E-state index contributed by atoms with van der Waals surface area (Å²) in [6.07, 6.45) is 3.73. The minimum absolute atomic E-state index is 0.352. The number of thiophene rings is 1. The van der Waals surface area contributed by atoms with Crippen LogP contribution >= 0.6 is 22.9 Å². The smallest absolute Gasteiger partial charge is 0.0620 e. The van der Waals surface area contributed by atoms with Gasteiger partial charge in [0.15, 0.2) is 0 Å². The molecule has 2 nitrogen and oxygen atoms in total. The molecule has 3 unspecified atom stereocenters. The van der Waals surface area contributed by atoms with Gasteiger partial charge in [0.2, 0.25) is 0 Å². The predicted molar refractivity (Wildman–Crippen MR) is 78.5 cm³/mol. The molecule has 0 radical (unpaired) electrons. The van der Waals surface area contributed by atoms with Crippen LogP contribution in [0.5, 0.6) is 0 Å². The van der Waals surface area contributed by atoms with Gasteiger partial charge in [-0.25, -0.2) is 0 Å². The van der Waals surface area contributed by atoms with Gasteiger partial charge in [-0.3, -0.25) is 0 Å². The van der Waals surface area contributed by atoms with Crippen molar-refractivity contribution in [3.63, 3.8) is 0 Å². The maximum atomic E-state index is 6.31. The van der Waals surface area contributed by atoms with E-state index in [9.17, 15) is 0 Å². The lowest BCUT2D eigenvalue weighted by molar-refractivity contribution is 0.0778. The van der Waals surface area contributed by atoms with Gasteiger partial charge in [-0.2, -0.15) is 0 Å². The molecule has 4 heteroatoms. The van der Waals surface area contributed by atoms with E-state index in [4.69, 9.17) is 16.3 Å². The Balaban J connectivity index is 2.17. The van der Waals surface area contributed by atoms with E-state index in [0.29, 0.717) is 18.1 Å². The number of ether oxygens (including phenoxy) is 1. The number of nitrogens with one attached hydrogen (secondary N) is 1. The number of hydrogen-bond donors (Lipinski definition) is 1. The van der Waals surface area contributed by atoms with E-state index in [1.165, 1.54) is 4.88 Å². The third kappa shape index (κ3) is 3.08. The Morgan fingerprint density at radius 1 is 1.56 bits per heavy atom. The topological polar surface area (TPSA) is 21.3 Å². The highest BCUT2D eigenvalue weighted by molar-refractivity contribution is 7.10. The van der Waals surface area contributed by atoms with E-state index in [-0.39, 0.29) is 0 Å². The average molecular weight is 288 g/mol. The quantitative estimate of drug-likeness (QED) is 0.844. The largest absolute Gasteiger partial charge is 0.378 e. The molecule has 0 saturated carbocycles. The van der Waals surface area contributed by atoms with Crippen molar-refractivity contribution in [2.45, 2.75) is 45.3 Å². The third-order valence-electron chi connectivity index (χ3n) is 3.63. The Morgan fingerprint density at radius 2 is 2.39 bits per heavy atom. The summed E-state index contributed by atoms with van der Waals surface area (Å²) >= 11 is 8.07. The van der Waals surface area contributed by atoms with E-state index in [0.717, 1.165) is 37.4 Å². The van der Waals surface area contributed by atoms with E-state index in [1.807, 2.05) is 6.07 Å². The van der Waals surface area contributed by atoms with Crippen LogP contribution in [0, 0.1) is 5.92 Å². The number of rotatable bonds is 6. The van der Waals surface area contributed by atoms with Gasteiger partial charge in [0.05, 0.1) is 11.1 Å². The molecule has 1 aliphatic rings. The second kappa shape index (κ2) is 6.90. The maximum Gasteiger partial charge on any atom is 0.0620 e. The van der Waals surface area contributed by atoms with E-state index in [2.05, 4.69) is 24.5 Å². The first kappa shape index (κ1) is 14.3. The minimum atomic E-state index is 0.352. The summed E-state index contributed by atoms with van der Waals surface area (Å²) in [4.78, 5) is 1.28. The second-order valence-corrected chi connectivity index (χ2v) is 6.19. The van der Waals surface area contributed by atoms with Crippen molar-refractivity contribution in [2.75, 3.05) is 13.2 Å². The molecule has 1 N–H and O–H groups in total. The molecule has 18 heavy (non-hydrogen) atoms. The van der Waals surface area contributed by atoms with Crippen molar-refractivity contribution >= 4 is 22.9 Å². The van der Waals surface area contributed by atoms with Crippen molar-refractivity contribution in [1.29, 1.82) is 0 Å². The first-order valence-corrected chi connectivity index (χ1v) is 8.11. The van der Waals surface area contributed by atoms with E-state index < -0.39 is 0 Å². The molecule has 2 heterocycles. The molecule has 1 fully saturated rings. The van der Waals surface area contributed by atoms with Gasteiger partial charge in [-0.15, -0.1) is 11.3 Å². The van der Waals surface area contributed by atoms with Crippen molar-refractivity contribution in [3.8, 4) is 0 Å². The Labute approximate surface area is 119 Å². The fraction of sp³-hybridized carbons (Fsp3) is 0.714. The van der Waals surface area contributed by atoms with Crippen LogP contribution < -0.4 is 5.32 Å². The van der Waals surface area contributed by atoms with Crippen LogP contribution in [0.15, 0.2) is 11.4 Å². The molecule has 0 bridgehead atoms. The van der Waals surface area contributed by atoms with Gasteiger partial charge in [0, 0.05) is 23.4 Å². The monoisotopic (exact) mass is 287 g/mol. The zero-order valence-electron chi connectivity index (χ0n) is 11.1. The standard InChI is InChI=1S/C14H22ClNOS/c1-3-7-16-13(14-11(15)6-9-18-14)10-5-8-17-12(10)4-2/h6,9-10,12-13,16H,3-5,7-8H2,1-2H3. The van der Waals surface area contributed by atoms with Crippen LogP contribution in [0.4, 0.5) is 0 Å². The molecule has 102 valence electrons. The molecule has 0 spiro atoms. The normalized spacial score (nSPS) is 25.5. The fourth-order valence-electron chi connectivity index (χ4n) is 2.73. The molecule has 3 atom stereocenters. The summed E-state index contributed by atoms with van der Waals surface area (Å²) in [5, 5.41) is 6.64. The van der Waals surface area contributed by atoms with Crippen molar-refractivity contribution in [3.05, 3.63) is 21.3 Å². The summed E-state index contributed by atoms with van der Waals surface area (Å²) in [6.45, 7) is 6.32. The Hall–Kier alpha value is -0.0900. The lowest BCUT2D eigenvalue weighted by Crippen LogP contribution is -2.33. The van der Waals surface area contributed by atoms with Gasteiger partial charge in [0.25, 0.3) is 0 Å². The first-order valence-electron chi connectivity index (χ1n) is 6.85. The Kier molecular flexibility index (Phi) is 5.49. The Bertz CT molecular complexity index is 368. The van der Waals surface area contributed by atoms with E-state index in [1.54, 1.807) is 11.3 Å². The van der Waals surface area contributed by atoms with E-state index >= 15 is 0 Å². The van der Waals surface area contributed by atoms with Crippen LogP contribution in [0.3, 0.4) is 0 Å². The summed E-state index contributed by atoms with van der Waals surface area (Å²) in [5.74, 6) is 0.553. The average Bonchev–Trinajstić information content (AvgIpc) is 2.99. The summed E-state index contributed by atoms with van der Waals surface area (Å²) in [7, 11) is 0. The summed E-state index contributed by atoms with van der Waals surface area (Å²) in [6, 6.07) is 2.35. The van der Waals surface area contributed by atoms with Gasteiger partial charge >= 0.3 is 0 Å². The molecule has 1 saturated heterocycles. The maximum absolute atomic E-state index is 6.31.